The number of anilines is 1. The van der Waals surface area contributed by atoms with Crippen LogP contribution in [0.4, 0.5) is 5.88 Å². The van der Waals surface area contributed by atoms with Gasteiger partial charge in [0.25, 0.3) is 0 Å². The standard InChI is InChI=1S/C15H17N3O2/c1-10-2-4-12(5-3-10)13-7-15(20-17-13)18-9-11(8-16)6-14(18)19/h2-5,7,11H,6,8-9,16H2,1H3. The number of nitrogens with zero attached hydrogens (tertiary/aromatic N) is 2. The Morgan fingerprint density at radius 3 is 2.80 bits per heavy atom. The highest BCUT2D eigenvalue weighted by Gasteiger charge is 2.32. The van der Waals surface area contributed by atoms with Gasteiger partial charge in [0.15, 0.2) is 0 Å². The molecule has 20 heavy (non-hydrogen) atoms. The molecule has 0 bridgehead atoms. The SMILES string of the molecule is Cc1ccc(-c2cc(N3CC(CN)CC3=O)on2)cc1. The third kappa shape index (κ3) is 2.32. The van der Waals surface area contributed by atoms with Crippen molar-refractivity contribution in [2.75, 3.05) is 18.0 Å². The maximum Gasteiger partial charge on any atom is 0.234 e. The largest absolute Gasteiger partial charge is 0.338 e. The Hall–Kier alpha value is -2.14. The van der Waals surface area contributed by atoms with Crippen molar-refractivity contribution in [3.05, 3.63) is 35.9 Å². The lowest BCUT2D eigenvalue weighted by Gasteiger charge is -2.10. The van der Waals surface area contributed by atoms with Gasteiger partial charge < -0.3 is 10.3 Å². The van der Waals surface area contributed by atoms with E-state index in [0.717, 1.165) is 11.3 Å². The predicted molar refractivity (Wildman–Crippen MR) is 76.2 cm³/mol. The molecule has 5 nitrogen and oxygen atoms in total. The molecule has 1 aromatic carbocycles. The summed E-state index contributed by atoms with van der Waals surface area (Å²) < 4.78 is 5.31. The molecule has 1 aliphatic heterocycles. The first-order valence-electron chi connectivity index (χ1n) is 6.71. The van der Waals surface area contributed by atoms with Crippen molar-refractivity contribution in [2.24, 2.45) is 11.7 Å². The van der Waals surface area contributed by atoms with E-state index in [2.05, 4.69) is 5.16 Å². The van der Waals surface area contributed by atoms with Crippen LogP contribution in [0.15, 0.2) is 34.9 Å². The number of benzene rings is 1. The monoisotopic (exact) mass is 271 g/mol. The third-order valence-electron chi connectivity index (χ3n) is 3.65. The number of hydrogen-bond donors (Lipinski definition) is 1. The van der Waals surface area contributed by atoms with E-state index in [4.69, 9.17) is 10.3 Å². The molecule has 1 unspecified atom stereocenters. The van der Waals surface area contributed by atoms with Crippen molar-refractivity contribution < 1.29 is 9.32 Å². The minimum absolute atomic E-state index is 0.0482. The van der Waals surface area contributed by atoms with Gasteiger partial charge in [-0.05, 0) is 19.4 Å². The Kier molecular flexibility index (Phi) is 3.28. The van der Waals surface area contributed by atoms with Crippen LogP contribution in [0.3, 0.4) is 0 Å². The molecule has 104 valence electrons. The highest BCUT2D eigenvalue weighted by Crippen LogP contribution is 2.28. The zero-order valence-electron chi connectivity index (χ0n) is 11.4. The summed E-state index contributed by atoms with van der Waals surface area (Å²) in [7, 11) is 0. The Morgan fingerprint density at radius 2 is 2.15 bits per heavy atom. The van der Waals surface area contributed by atoms with Crippen LogP contribution in [0.1, 0.15) is 12.0 Å². The lowest BCUT2D eigenvalue weighted by atomic mass is 10.1. The number of carbonyl (C=O) groups excluding carboxylic acids is 1. The minimum atomic E-state index is 0.0482. The number of carbonyl (C=O) groups is 1. The van der Waals surface area contributed by atoms with E-state index in [1.807, 2.05) is 37.3 Å². The van der Waals surface area contributed by atoms with Crippen LogP contribution in [0, 0.1) is 12.8 Å². The van der Waals surface area contributed by atoms with E-state index in [9.17, 15) is 4.79 Å². The van der Waals surface area contributed by atoms with Gasteiger partial charge in [-0.3, -0.25) is 9.69 Å². The number of aryl methyl sites for hydroxylation is 1. The average Bonchev–Trinajstić information content (AvgIpc) is 3.06. The van der Waals surface area contributed by atoms with Gasteiger partial charge >= 0.3 is 0 Å². The van der Waals surface area contributed by atoms with Gasteiger partial charge in [-0.15, -0.1) is 0 Å². The van der Waals surface area contributed by atoms with Gasteiger partial charge in [0.2, 0.25) is 11.8 Å². The number of nitrogens with two attached hydrogens (primary N) is 1. The topological polar surface area (TPSA) is 72.4 Å². The van der Waals surface area contributed by atoms with Crippen LogP contribution in [-0.4, -0.2) is 24.2 Å². The summed E-state index contributed by atoms with van der Waals surface area (Å²) in [5.41, 5.74) is 8.53. The summed E-state index contributed by atoms with van der Waals surface area (Å²) in [4.78, 5) is 13.5. The van der Waals surface area contributed by atoms with Crippen LogP contribution in [0.5, 0.6) is 0 Å². The normalized spacial score (nSPS) is 18.8. The first-order chi connectivity index (χ1) is 9.67. The maximum absolute atomic E-state index is 11.9. The second-order valence-corrected chi connectivity index (χ2v) is 5.23. The molecule has 0 saturated carbocycles. The van der Waals surface area contributed by atoms with E-state index < -0.39 is 0 Å². The van der Waals surface area contributed by atoms with Crippen molar-refractivity contribution in [1.29, 1.82) is 0 Å². The average molecular weight is 271 g/mol. The van der Waals surface area contributed by atoms with Crippen molar-refractivity contribution in [2.45, 2.75) is 13.3 Å². The molecule has 1 aliphatic rings. The summed E-state index contributed by atoms with van der Waals surface area (Å²) in [5, 5.41) is 4.05. The Balaban J connectivity index is 1.83. The van der Waals surface area contributed by atoms with Crippen LogP contribution in [0.2, 0.25) is 0 Å². The molecule has 2 heterocycles. The Morgan fingerprint density at radius 1 is 1.40 bits per heavy atom. The van der Waals surface area contributed by atoms with Gasteiger partial charge in [-0.25, -0.2) is 0 Å². The van der Waals surface area contributed by atoms with Crippen molar-refractivity contribution >= 4 is 11.8 Å². The zero-order valence-corrected chi connectivity index (χ0v) is 11.4. The van der Waals surface area contributed by atoms with E-state index in [-0.39, 0.29) is 11.8 Å². The first kappa shape index (κ1) is 12.9. The number of rotatable bonds is 3. The Bertz CT molecular complexity index is 618. The van der Waals surface area contributed by atoms with Gasteiger partial charge in [-0.2, -0.15) is 0 Å². The van der Waals surface area contributed by atoms with E-state index in [1.165, 1.54) is 5.56 Å². The van der Waals surface area contributed by atoms with Crippen molar-refractivity contribution in [3.8, 4) is 11.3 Å². The molecule has 2 N–H and O–H groups in total. The fraction of sp³-hybridized carbons (Fsp3) is 0.333. The number of hydrogen-bond acceptors (Lipinski definition) is 4. The summed E-state index contributed by atoms with van der Waals surface area (Å²) in [6.45, 7) is 3.16. The first-order valence-corrected chi connectivity index (χ1v) is 6.71. The van der Waals surface area contributed by atoms with Crippen molar-refractivity contribution in [3.63, 3.8) is 0 Å². The molecule has 1 saturated heterocycles. The molecule has 0 radical (unpaired) electrons. The van der Waals surface area contributed by atoms with Crippen LogP contribution in [0.25, 0.3) is 11.3 Å². The molecule has 2 aromatic rings. The second kappa shape index (κ2) is 5.09. The maximum atomic E-state index is 11.9. The molecule has 1 aromatic heterocycles. The lowest BCUT2D eigenvalue weighted by Crippen LogP contribution is -2.25. The molecular formula is C15H17N3O2. The molecule has 0 spiro atoms. The highest BCUT2D eigenvalue weighted by atomic mass is 16.5. The van der Waals surface area contributed by atoms with Crippen LogP contribution >= 0.6 is 0 Å². The lowest BCUT2D eigenvalue weighted by molar-refractivity contribution is -0.117. The van der Waals surface area contributed by atoms with Gasteiger partial charge in [0.1, 0.15) is 5.69 Å². The van der Waals surface area contributed by atoms with E-state index >= 15 is 0 Å². The van der Waals surface area contributed by atoms with Crippen LogP contribution < -0.4 is 10.6 Å². The molecule has 1 atom stereocenters. The fourth-order valence-electron chi connectivity index (χ4n) is 2.41. The fourth-order valence-corrected chi connectivity index (χ4v) is 2.41. The zero-order chi connectivity index (χ0) is 14.1. The van der Waals surface area contributed by atoms with Gasteiger partial charge in [-0.1, -0.05) is 35.0 Å². The quantitative estimate of drug-likeness (QED) is 0.926. The minimum Gasteiger partial charge on any atom is -0.338 e. The Labute approximate surface area is 117 Å². The van der Waals surface area contributed by atoms with Gasteiger partial charge in [0.05, 0.1) is 0 Å². The third-order valence-corrected chi connectivity index (χ3v) is 3.65. The summed E-state index contributed by atoms with van der Waals surface area (Å²) in [6.07, 6.45) is 0.483. The predicted octanol–water partition coefficient (Wildman–Crippen LogP) is 1.96. The van der Waals surface area contributed by atoms with Gasteiger partial charge in [0, 0.05) is 24.6 Å². The summed E-state index contributed by atoms with van der Waals surface area (Å²) in [5.74, 6) is 0.754. The van der Waals surface area contributed by atoms with Crippen molar-refractivity contribution in [1.82, 2.24) is 5.16 Å². The summed E-state index contributed by atoms with van der Waals surface area (Å²) in [6, 6.07) is 9.84. The molecule has 1 amide bonds. The molecular weight excluding hydrogens is 254 g/mol. The number of amides is 1. The molecule has 3 rings (SSSR count). The second-order valence-electron chi connectivity index (χ2n) is 5.23. The smallest absolute Gasteiger partial charge is 0.234 e. The number of aromatic nitrogens is 1. The van der Waals surface area contributed by atoms with E-state index in [0.29, 0.717) is 25.4 Å². The molecule has 0 aliphatic carbocycles. The molecule has 5 heteroatoms. The van der Waals surface area contributed by atoms with Crippen LogP contribution in [-0.2, 0) is 4.79 Å². The summed E-state index contributed by atoms with van der Waals surface area (Å²) >= 11 is 0. The molecule has 1 fully saturated rings. The highest BCUT2D eigenvalue weighted by molar-refractivity contribution is 5.94. The van der Waals surface area contributed by atoms with E-state index in [1.54, 1.807) is 4.90 Å².